The van der Waals surface area contributed by atoms with E-state index >= 15 is 0 Å². The molecule has 0 fully saturated rings. The van der Waals surface area contributed by atoms with Gasteiger partial charge in [0.1, 0.15) is 0 Å². The van der Waals surface area contributed by atoms with Crippen LogP contribution in [0.1, 0.15) is 49.9 Å². The lowest BCUT2D eigenvalue weighted by molar-refractivity contribution is 0.660. The van der Waals surface area contributed by atoms with Crippen molar-refractivity contribution in [3.63, 3.8) is 0 Å². The third-order valence-corrected chi connectivity index (χ3v) is 13.5. The Morgan fingerprint density at radius 1 is 0.295 bits per heavy atom. The molecular formula is C60H47N. The third kappa shape index (κ3) is 5.83. The summed E-state index contributed by atoms with van der Waals surface area (Å²) < 4.78 is 0. The van der Waals surface area contributed by atoms with Crippen molar-refractivity contribution in [2.24, 2.45) is 0 Å². The molecule has 292 valence electrons. The van der Waals surface area contributed by atoms with Gasteiger partial charge in [-0.15, -0.1) is 0 Å². The Kier molecular flexibility index (Phi) is 8.58. The summed E-state index contributed by atoms with van der Waals surface area (Å²) in [6.07, 6.45) is 0. The van der Waals surface area contributed by atoms with E-state index in [1.165, 1.54) is 94.7 Å². The van der Waals surface area contributed by atoms with Gasteiger partial charge in [-0.25, -0.2) is 0 Å². The van der Waals surface area contributed by atoms with Gasteiger partial charge in [0.15, 0.2) is 0 Å². The van der Waals surface area contributed by atoms with Gasteiger partial charge in [0, 0.05) is 22.1 Å². The highest BCUT2D eigenvalue weighted by atomic mass is 15.1. The van der Waals surface area contributed by atoms with Gasteiger partial charge in [-0.1, -0.05) is 210 Å². The molecule has 0 aromatic heterocycles. The van der Waals surface area contributed by atoms with Crippen LogP contribution in [0.5, 0.6) is 0 Å². The number of rotatable bonds is 7. The highest BCUT2D eigenvalue weighted by Crippen LogP contribution is 2.56. The maximum Gasteiger partial charge on any atom is 0.0546 e. The van der Waals surface area contributed by atoms with E-state index in [2.05, 4.69) is 245 Å². The molecule has 0 amide bonds. The van der Waals surface area contributed by atoms with Crippen molar-refractivity contribution in [3.8, 4) is 66.8 Å². The molecule has 0 bridgehead atoms. The van der Waals surface area contributed by atoms with Gasteiger partial charge in [-0.3, -0.25) is 0 Å². The average Bonchev–Trinajstić information content (AvgIpc) is 3.69. The fourth-order valence-electron chi connectivity index (χ4n) is 10.6. The second kappa shape index (κ2) is 14.2. The fraction of sp³-hybridized carbons (Fsp3) is 0.100. The van der Waals surface area contributed by atoms with Crippen LogP contribution in [0.15, 0.2) is 212 Å². The molecule has 2 aliphatic rings. The minimum atomic E-state index is -0.228. The molecule has 1 heteroatoms. The molecule has 0 radical (unpaired) electrons. The summed E-state index contributed by atoms with van der Waals surface area (Å²) in [5, 5.41) is 0. The first kappa shape index (κ1) is 36.8. The Morgan fingerprint density at radius 2 is 0.770 bits per heavy atom. The number of nitrogens with zero attached hydrogens (tertiary/aromatic N) is 1. The monoisotopic (exact) mass is 781 g/mol. The Balaban J connectivity index is 1.15. The Bertz CT molecular complexity index is 3120. The van der Waals surface area contributed by atoms with Gasteiger partial charge in [0.2, 0.25) is 0 Å². The summed E-state index contributed by atoms with van der Waals surface area (Å²) >= 11 is 0. The largest absolute Gasteiger partial charge is 0.310 e. The fourth-order valence-corrected chi connectivity index (χ4v) is 10.6. The van der Waals surface area contributed by atoms with Gasteiger partial charge in [-0.2, -0.15) is 0 Å². The van der Waals surface area contributed by atoms with Crippen molar-refractivity contribution in [1.82, 2.24) is 0 Å². The Morgan fingerprint density at radius 3 is 1.44 bits per heavy atom. The maximum atomic E-state index is 2.54. The molecule has 0 heterocycles. The van der Waals surface area contributed by atoms with E-state index in [9.17, 15) is 0 Å². The van der Waals surface area contributed by atoms with E-state index in [-0.39, 0.29) is 10.8 Å². The van der Waals surface area contributed by atoms with E-state index < -0.39 is 0 Å². The molecule has 0 atom stereocenters. The quantitative estimate of drug-likeness (QED) is 0.156. The minimum absolute atomic E-state index is 0.0245. The first-order valence-electron chi connectivity index (χ1n) is 21.5. The molecule has 2 aliphatic carbocycles. The molecule has 0 unspecified atom stereocenters. The van der Waals surface area contributed by atoms with Crippen LogP contribution >= 0.6 is 0 Å². The van der Waals surface area contributed by atoms with Crippen LogP contribution in [-0.2, 0) is 10.8 Å². The predicted molar refractivity (Wildman–Crippen MR) is 258 cm³/mol. The van der Waals surface area contributed by atoms with E-state index in [0.29, 0.717) is 0 Å². The van der Waals surface area contributed by atoms with Crippen LogP contribution in [0.25, 0.3) is 66.8 Å². The lowest BCUT2D eigenvalue weighted by Gasteiger charge is -2.34. The number of hydrogen-bond donors (Lipinski definition) is 0. The smallest absolute Gasteiger partial charge is 0.0546 e. The van der Waals surface area contributed by atoms with Crippen molar-refractivity contribution < 1.29 is 0 Å². The SMILES string of the molecule is CC1(C)c2ccccc2-c2cc(-c3ccc(N(c4cccc(-c5ccccc5)c4-c4ccccc4-c4ccccc4)c4cccc5c4C(C)(C)c4ccccc4-5)cc3)ccc21. The summed E-state index contributed by atoms with van der Waals surface area (Å²) in [6, 6.07) is 78.6. The van der Waals surface area contributed by atoms with E-state index in [0.717, 1.165) is 11.4 Å². The zero-order chi connectivity index (χ0) is 41.3. The van der Waals surface area contributed by atoms with Crippen LogP contribution in [0, 0.1) is 0 Å². The Labute approximate surface area is 360 Å². The first-order chi connectivity index (χ1) is 29.8. The molecule has 11 rings (SSSR count). The lowest BCUT2D eigenvalue weighted by Crippen LogP contribution is -2.21. The number of anilines is 3. The van der Waals surface area contributed by atoms with E-state index in [1.54, 1.807) is 0 Å². The molecule has 1 nitrogen and oxygen atoms in total. The van der Waals surface area contributed by atoms with Gasteiger partial charge >= 0.3 is 0 Å². The van der Waals surface area contributed by atoms with Gasteiger partial charge in [0.25, 0.3) is 0 Å². The lowest BCUT2D eigenvalue weighted by atomic mass is 9.81. The summed E-state index contributed by atoms with van der Waals surface area (Å²) in [5.74, 6) is 0. The van der Waals surface area contributed by atoms with Crippen LogP contribution in [0.2, 0.25) is 0 Å². The maximum absolute atomic E-state index is 2.54. The molecule has 0 saturated heterocycles. The van der Waals surface area contributed by atoms with Crippen molar-refractivity contribution in [2.45, 2.75) is 38.5 Å². The molecule has 0 saturated carbocycles. The minimum Gasteiger partial charge on any atom is -0.310 e. The number of hydrogen-bond acceptors (Lipinski definition) is 1. The molecule has 0 spiro atoms. The van der Waals surface area contributed by atoms with Crippen LogP contribution < -0.4 is 4.90 Å². The van der Waals surface area contributed by atoms with Crippen molar-refractivity contribution in [2.75, 3.05) is 4.90 Å². The molecule has 0 aliphatic heterocycles. The summed E-state index contributed by atoms with van der Waals surface area (Å²) in [5.41, 5.74) is 23.6. The zero-order valence-corrected chi connectivity index (χ0v) is 35.2. The molecule has 9 aromatic rings. The summed E-state index contributed by atoms with van der Waals surface area (Å²) in [4.78, 5) is 2.54. The van der Waals surface area contributed by atoms with Crippen LogP contribution in [0.4, 0.5) is 17.1 Å². The summed E-state index contributed by atoms with van der Waals surface area (Å²) in [6.45, 7) is 9.48. The number of fused-ring (bicyclic) bond motifs is 6. The summed E-state index contributed by atoms with van der Waals surface area (Å²) in [7, 11) is 0. The predicted octanol–water partition coefficient (Wildman–Crippen LogP) is 16.4. The molecule has 9 aromatic carbocycles. The van der Waals surface area contributed by atoms with Gasteiger partial charge in [0.05, 0.1) is 11.4 Å². The molecule has 61 heavy (non-hydrogen) atoms. The van der Waals surface area contributed by atoms with Crippen molar-refractivity contribution in [1.29, 1.82) is 0 Å². The molecule has 0 N–H and O–H groups in total. The molecular weight excluding hydrogens is 735 g/mol. The Hall–Kier alpha value is -7.22. The van der Waals surface area contributed by atoms with Crippen LogP contribution in [0.3, 0.4) is 0 Å². The van der Waals surface area contributed by atoms with Crippen molar-refractivity contribution >= 4 is 17.1 Å². The second-order valence-electron chi connectivity index (χ2n) is 17.7. The first-order valence-corrected chi connectivity index (χ1v) is 21.5. The highest BCUT2D eigenvalue weighted by molar-refractivity contribution is 6.02. The normalized spacial score (nSPS) is 13.8. The average molecular weight is 782 g/mol. The standard InChI is InChI=1S/C60H47N/c1-59(2)52-29-15-14-25-48(52)51-39-43(35-38-54(51)59)40-33-36-44(37-34-40)61(56-32-18-28-50-47-24-13-16-30-53(47)60(3,4)58(50)56)55-31-17-27-46(42-21-9-6-10-22-42)57(55)49-26-12-11-23-45(49)41-19-7-5-8-20-41/h5-39H,1-4H3. The second-order valence-corrected chi connectivity index (χ2v) is 17.7. The zero-order valence-electron chi connectivity index (χ0n) is 35.2. The van der Waals surface area contributed by atoms with E-state index in [1.807, 2.05) is 0 Å². The highest BCUT2D eigenvalue weighted by Gasteiger charge is 2.39. The van der Waals surface area contributed by atoms with Gasteiger partial charge < -0.3 is 4.90 Å². The van der Waals surface area contributed by atoms with Crippen LogP contribution in [-0.4, -0.2) is 0 Å². The van der Waals surface area contributed by atoms with Crippen molar-refractivity contribution in [3.05, 3.63) is 235 Å². The van der Waals surface area contributed by atoms with Gasteiger partial charge in [-0.05, 0) is 114 Å². The van der Waals surface area contributed by atoms with E-state index in [4.69, 9.17) is 0 Å². The number of benzene rings is 9. The third-order valence-electron chi connectivity index (χ3n) is 13.5. The topological polar surface area (TPSA) is 3.24 Å².